The molecular formula is C19H27NO6. The monoisotopic (exact) mass is 365 g/mol. The molecule has 0 spiro atoms. The fraction of sp³-hybridized carbons (Fsp3) is 0.579. The summed E-state index contributed by atoms with van der Waals surface area (Å²) in [4.78, 5) is 24.8. The van der Waals surface area contributed by atoms with Crippen molar-refractivity contribution in [1.29, 1.82) is 0 Å². The molecule has 1 aliphatic heterocycles. The third-order valence-corrected chi connectivity index (χ3v) is 4.69. The molecule has 0 saturated heterocycles. The first kappa shape index (κ1) is 19.9. The number of methoxy groups -OCH3 is 3. The molecule has 1 amide bonds. The number of nitrogens with zero attached hydrogens (tertiary/aromatic N) is 1. The van der Waals surface area contributed by atoms with Gasteiger partial charge in [0.25, 0.3) is 0 Å². The van der Waals surface area contributed by atoms with Gasteiger partial charge in [-0.15, -0.1) is 0 Å². The maximum atomic E-state index is 12.4. The molecule has 0 atom stereocenters. The molecule has 0 unspecified atom stereocenters. The second-order valence-corrected chi connectivity index (χ2v) is 6.26. The summed E-state index contributed by atoms with van der Waals surface area (Å²) in [6, 6.07) is 1.96. The van der Waals surface area contributed by atoms with Gasteiger partial charge in [0.15, 0.2) is 11.5 Å². The number of hydrogen-bond acceptors (Lipinski definition) is 5. The molecule has 144 valence electrons. The van der Waals surface area contributed by atoms with Crippen LogP contribution in [0.1, 0.15) is 36.8 Å². The van der Waals surface area contributed by atoms with Gasteiger partial charge in [-0.05, 0) is 37.3 Å². The summed E-state index contributed by atoms with van der Waals surface area (Å²) in [5, 5.41) is 8.67. The van der Waals surface area contributed by atoms with Crippen molar-refractivity contribution in [3.63, 3.8) is 0 Å². The molecule has 1 aliphatic rings. The summed E-state index contributed by atoms with van der Waals surface area (Å²) in [5.74, 6) is 1.11. The Kier molecular flexibility index (Phi) is 7.12. The molecule has 1 aromatic rings. The normalized spacial score (nSPS) is 13.6. The van der Waals surface area contributed by atoms with Gasteiger partial charge in [0.1, 0.15) is 0 Å². The van der Waals surface area contributed by atoms with Crippen LogP contribution in [-0.2, 0) is 22.4 Å². The number of carbonyl (C=O) groups is 2. The smallest absolute Gasteiger partial charge is 0.303 e. The number of hydrogen-bond donors (Lipinski definition) is 1. The Morgan fingerprint density at radius 3 is 2.27 bits per heavy atom. The fourth-order valence-corrected chi connectivity index (χ4v) is 3.34. The van der Waals surface area contributed by atoms with Gasteiger partial charge in [-0.3, -0.25) is 9.59 Å². The topological polar surface area (TPSA) is 85.3 Å². The van der Waals surface area contributed by atoms with Crippen LogP contribution >= 0.6 is 0 Å². The third kappa shape index (κ3) is 4.59. The van der Waals surface area contributed by atoms with E-state index in [9.17, 15) is 9.59 Å². The average molecular weight is 365 g/mol. The predicted molar refractivity (Wildman–Crippen MR) is 96.2 cm³/mol. The van der Waals surface area contributed by atoms with E-state index in [4.69, 9.17) is 19.3 Å². The SMILES string of the molecule is COc1cc2c(c(OC)c1OC)CCN(C(=O)CCCCC(=O)O)CC2. The van der Waals surface area contributed by atoms with Crippen LogP contribution in [0.15, 0.2) is 6.07 Å². The molecule has 0 aliphatic carbocycles. The van der Waals surface area contributed by atoms with Gasteiger partial charge < -0.3 is 24.2 Å². The quantitative estimate of drug-likeness (QED) is 0.712. The zero-order valence-electron chi connectivity index (χ0n) is 15.7. The summed E-state index contributed by atoms with van der Waals surface area (Å²) in [6.07, 6.45) is 3.01. The maximum absolute atomic E-state index is 12.4. The molecule has 1 heterocycles. The number of benzene rings is 1. The van der Waals surface area contributed by atoms with Gasteiger partial charge in [0.2, 0.25) is 11.7 Å². The highest BCUT2D eigenvalue weighted by atomic mass is 16.5. The summed E-state index contributed by atoms with van der Waals surface area (Å²) >= 11 is 0. The summed E-state index contributed by atoms with van der Waals surface area (Å²) in [6.45, 7) is 1.24. The van der Waals surface area contributed by atoms with Gasteiger partial charge in [-0.2, -0.15) is 0 Å². The number of carboxylic acids is 1. The molecular weight excluding hydrogens is 338 g/mol. The minimum absolute atomic E-state index is 0.0705. The molecule has 0 radical (unpaired) electrons. The third-order valence-electron chi connectivity index (χ3n) is 4.69. The number of carboxylic acid groups (broad SMARTS) is 1. The molecule has 2 rings (SSSR count). The Morgan fingerprint density at radius 2 is 1.65 bits per heavy atom. The highest BCUT2D eigenvalue weighted by molar-refractivity contribution is 5.76. The van der Waals surface area contributed by atoms with E-state index in [2.05, 4.69) is 0 Å². The average Bonchev–Trinajstić information content (AvgIpc) is 2.85. The van der Waals surface area contributed by atoms with Crippen LogP contribution in [0.2, 0.25) is 0 Å². The minimum Gasteiger partial charge on any atom is -0.493 e. The van der Waals surface area contributed by atoms with Crippen molar-refractivity contribution in [3.05, 3.63) is 17.2 Å². The summed E-state index contributed by atoms with van der Waals surface area (Å²) in [7, 11) is 4.78. The number of carbonyl (C=O) groups excluding carboxylic acids is 1. The van der Waals surface area contributed by atoms with Gasteiger partial charge in [-0.1, -0.05) is 0 Å². The Labute approximate surface area is 153 Å². The van der Waals surface area contributed by atoms with Crippen molar-refractivity contribution in [1.82, 2.24) is 4.90 Å². The molecule has 0 fully saturated rings. The van der Waals surface area contributed by atoms with Gasteiger partial charge >= 0.3 is 5.97 Å². The minimum atomic E-state index is -0.822. The van der Waals surface area contributed by atoms with Crippen molar-refractivity contribution in [3.8, 4) is 17.2 Å². The van der Waals surface area contributed by atoms with Gasteiger partial charge in [0, 0.05) is 31.5 Å². The highest BCUT2D eigenvalue weighted by Gasteiger charge is 2.25. The van der Waals surface area contributed by atoms with Crippen LogP contribution in [-0.4, -0.2) is 56.3 Å². The van der Waals surface area contributed by atoms with Crippen molar-refractivity contribution >= 4 is 11.9 Å². The first-order valence-corrected chi connectivity index (χ1v) is 8.82. The van der Waals surface area contributed by atoms with Crippen LogP contribution in [0, 0.1) is 0 Å². The van der Waals surface area contributed by atoms with Crippen LogP contribution in [0.25, 0.3) is 0 Å². The lowest BCUT2D eigenvalue weighted by Crippen LogP contribution is -2.33. The Morgan fingerprint density at radius 1 is 1.00 bits per heavy atom. The summed E-state index contributed by atoms with van der Waals surface area (Å²) < 4.78 is 16.4. The number of rotatable bonds is 8. The molecule has 0 bridgehead atoms. The molecule has 26 heavy (non-hydrogen) atoms. The fourth-order valence-electron chi connectivity index (χ4n) is 3.34. The molecule has 7 heteroatoms. The van der Waals surface area contributed by atoms with Crippen LogP contribution in [0.5, 0.6) is 17.2 Å². The van der Waals surface area contributed by atoms with E-state index in [1.54, 1.807) is 21.3 Å². The highest BCUT2D eigenvalue weighted by Crippen LogP contribution is 2.43. The van der Waals surface area contributed by atoms with Crippen LogP contribution in [0.3, 0.4) is 0 Å². The maximum Gasteiger partial charge on any atom is 0.303 e. The van der Waals surface area contributed by atoms with Crippen molar-refractivity contribution in [2.45, 2.75) is 38.5 Å². The zero-order chi connectivity index (χ0) is 19.1. The van der Waals surface area contributed by atoms with Crippen molar-refractivity contribution < 1.29 is 28.9 Å². The van der Waals surface area contributed by atoms with E-state index < -0.39 is 5.97 Å². The molecule has 1 N–H and O–H groups in total. The Balaban J connectivity index is 2.08. The van der Waals surface area contributed by atoms with Crippen LogP contribution in [0.4, 0.5) is 0 Å². The Bertz CT molecular complexity index is 658. The number of amides is 1. The lowest BCUT2D eigenvalue weighted by atomic mass is 10.0. The molecule has 7 nitrogen and oxygen atoms in total. The van der Waals surface area contributed by atoms with E-state index >= 15 is 0 Å². The van der Waals surface area contributed by atoms with Crippen LogP contribution < -0.4 is 14.2 Å². The van der Waals surface area contributed by atoms with Crippen molar-refractivity contribution in [2.24, 2.45) is 0 Å². The van der Waals surface area contributed by atoms with Crippen molar-refractivity contribution in [2.75, 3.05) is 34.4 Å². The van der Waals surface area contributed by atoms with E-state index in [0.29, 0.717) is 62.4 Å². The molecule has 0 aromatic heterocycles. The Hall–Kier alpha value is -2.44. The lowest BCUT2D eigenvalue weighted by Gasteiger charge is -2.20. The lowest BCUT2D eigenvalue weighted by molar-refractivity contribution is -0.137. The molecule has 1 aromatic carbocycles. The zero-order valence-corrected chi connectivity index (χ0v) is 15.7. The van der Waals surface area contributed by atoms with E-state index in [1.807, 2.05) is 11.0 Å². The van der Waals surface area contributed by atoms with E-state index in [-0.39, 0.29) is 12.3 Å². The second kappa shape index (κ2) is 9.31. The van der Waals surface area contributed by atoms with Gasteiger partial charge in [-0.25, -0.2) is 0 Å². The first-order chi connectivity index (χ1) is 12.5. The number of unbranched alkanes of at least 4 members (excludes halogenated alkanes) is 1. The van der Waals surface area contributed by atoms with E-state index in [0.717, 1.165) is 11.1 Å². The molecule has 0 saturated carbocycles. The number of ether oxygens (including phenoxy) is 3. The predicted octanol–water partition coefficient (Wildman–Crippen LogP) is 2.28. The number of fused-ring (bicyclic) bond motifs is 1. The second-order valence-electron chi connectivity index (χ2n) is 6.26. The van der Waals surface area contributed by atoms with E-state index in [1.165, 1.54) is 0 Å². The standard InChI is InChI=1S/C19H27NO6/c1-24-15-12-13-8-10-20(16(21)6-4-5-7-17(22)23)11-9-14(13)18(25-2)19(15)26-3/h12H,4-11H2,1-3H3,(H,22,23). The number of aliphatic carboxylic acids is 1. The summed E-state index contributed by atoms with van der Waals surface area (Å²) in [5.41, 5.74) is 2.15. The first-order valence-electron chi connectivity index (χ1n) is 8.82. The largest absolute Gasteiger partial charge is 0.493 e. The van der Waals surface area contributed by atoms with Gasteiger partial charge in [0.05, 0.1) is 21.3 Å².